The van der Waals surface area contributed by atoms with Crippen molar-refractivity contribution in [3.8, 4) is 0 Å². The largest absolute Gasteiger partial charge is 0.371 e. The first-order valence-corrected chi connectivity index (χ1v) is 17.4. The molecule has 0 aliphatic carbocycles. The molecule has 1 rings (SSSR count). The van der Waals surface area contributed by atoms with Crippen LogP contribution in [0.5, 0.6) is 0 Å². The third-order valence-corrected chi connectivity index (χ3v) is 8.51. The fourth-order valence-corrected chi connectivity index (χ4v) is 6.29. The number of anilines is 1. The molecule has 222 valence electrons. The lowest BCUT2D eigenvalue weighted by Gasteiger charge is -2.29. The van der Waals surface area contributed by atoms with Gasteiger partial charge in [0.05, 0.1) is 0 Å². The van der Waals surface area contributed by atoms with Gasteiger partial charge in [-0.25, -0.2) is 0 Å². The summed E-state index contributed by atoms with van der Waals surface area (Å²) in [5.41, 5.74) is 5.88. The van der Waals surface area contributed by atoms with Gasteiger partial charge in [-0.3, -0.25) is 0 Å². The Hall–Kier alpha value is -0.980. The Balaban J connectivity index is 2.26. The highest BCUT2D eigenvalue weighted by Gasteiger charge is 2.12. The lowest BCUT2D eigenvalue weighted by molar-refractivity contribution is 0.534. The van der Waals surface area contributed by atoms with Crippen molar-refractivity contribution in [2.45, 2.75) is 189 Å². The second-order valence-electron chi connectivity index (χ2n) is 12.5. The molecule has 38 heavy (non-hydrogen) atoms. The number of benzene rings is 1. The van der Waals surface area contributed by atoms with Gasteiger partial charge in [-0.15, -0.1) is 0 Å². The zero-order valence-electron chi connectivity index (χ0n) is 27.0. The molecule has 1 heteroatoms. The highest BCUT2D eigenvalue weighted by Crippen LogP contribution is 2.27. The Morgan fingerprint density at radius 1 is 0.395 bits per heavy atom. The van der Waals surface area contributed by atoms with E-state index in [1.54, 1.807) is 0 Å². The van der Waals surface area contributed by atoms with Gasteiger partial charge >= 0.3 is 0 Å². The van der Waals surface area contributed by atoms with Crippen LogP contribution in [0.4, 0.5) is 5.69 Å². The van der Waals surface area contributed by atoms with E-state index < -0.39 is 0 Å². The van der Waals surface area contributed by atoms with Crippen molar-refractivity contribution in [2.24, 2.45) is 0 Å². The van der Waals surface area contributed by atoms with E-state index in [0.29, 0.717) is 0 Å². The second kappa shape index (κ2) is 25.0. The van der Waals surface area contributed by atoms with E-state index in [4.69, 9.17) is 0 Å². The minimum Gasteiger partial charge on any atom is -0.371 e. The van der Waals surface area contributed by atoms with Gasteiger partial charge in [0.1, 0.15) is 0 Å². The second-order valence-corrected chi connectivity index (χ2v) is 12.5. The molecule has 1 aromatic carbocycles. The normalized spacial score (nSPS) is 11.4. The Morgan fingerprint density at radius 3 is 0.947 bits per heavy atom. The maximum Gasteiger partial charge on any atom is 0.0425 e. The summed E-state index contributed by atoms with van der Waals surface area (Å²) in [5.74, 6) is 0. The van der Waals surface area contributed by atoms with Gasteiger partial charge in [-0.2, -0.15) is 0 Å². The van der Waals surface area contributed by atoms with E-state index in [0.717, 1.165) is 0 Å². The molecule has 0 saturated carbocycles. The molecule has 0 aliphatic rings. The van der Waals surface area contributed by atoms with E-state index in [2.05, 4.69) is 51.7 Å². The molecule has 0 amide bonds. The topological polar surface area (TPSA) is 3.24 Å². The van der Waals surface area contributed by atoms with Gasteiger partial charge in [0.2, 0.25) is 0 Å². The van der Waals surface area contributed by atoms with Crippen LogP contribution in [0.15, 0.2) is 12.1 Å². The predicted octanol–water partition coefficient (Wildman–Crippen LogP) is 12.8. The summed E-state index contributed by atoms with van der Waals surface area (Å²) in [6, 6.07) is 4.78. The Morgan fingerprint density at radius 2 is 0.658 bits per heavy atom. The van der Waals surface area contributed by atoms with Crippen molar-refractivity contribution in [3.63, 3.8) is 0 Å². The van der Waals surface area contributed by atoms with Crippen LogP contribution in [0.1, 0.15) is 185 Å². The van der Waals surface area contributed by atoms with Crippen molar-refractivity contribution in [1.82, 2.24) is 0 Å². The van der Waals surface area contributed by atoms with Crippen LogP contribution in [0.3, 0.4) is 0 Å². The molecule has 0 unspecified atom stereocenters. The van der Waals surface area contributed by atoms with E-state index in [1.165, 1.54) is 190 Å². The zero-order valence-corrected chi connectivity index (χ0v) is 27.0. The van der Waals surface area contributed by atoms with E-state index in [9.17, 15) is 0 Å². The molecule has 0 bridgehead atoms. The molecule has 0 aliphatic heterocycles. The minimum absolute atomic E-state index is 1.24. The van der Waals surface area contributed by atoms with Gasteiger partial charge in [-0.1, -0.05) is 173 Å². The maximum absolute atomic E-state index is 2.75. The smallest absolute Gasteiger partial charge is 0.0425 e. The van der Waals surface area contributed by atoms with Gasteiger partial charge < -0.3 is 4.90 Å². The summed E-state index contributed by atoms with van der Waals surface area (Å²) in [4.78, 5) is 2.75. The average Bonchev–Trinajstić information content (AvgIpc) is 2.89. The molecular weight excluding hydrogens is 458 g/mol. The molecular formula is C37H69N. The number of aryl methyl sites for hydroxylation is 3. The molecule has 0 radical (unpaired) electrons. The van der Waals surface area contributed by atoms with E-state index >= 15 is 0 Å². The van der Waals surface area contributed by atoms with Crippen LogP contribution in [0, 0.1) is 20.8 Å². The Bertz CT molecular complexity index is 597. The lowest BCUT2D eigenvalue weighted by atomic mass is 10.0. The Labute approximate surface area is 241 Å². The predicted molar refractivity (Wildman–Crippen MR) is 175 cm³/mol. The number of rotatable bonds is 27. The summed E-state index contributed by atoms with van der Waals surface area (Å²) in [6.45, 7) is 14.0. The van der Waals surface area contributed by atoms with Crippen LogP contribution >= 0.6 is 0 Å². The molecule has 0 aromatic heterocycles. The minimum atomic E-state index is 1.24. The third kappa shape index (κ3) is 18.3. The quantitative estimate of drug-likeness (QED) is 0.103. The van der Waals surface area contributed by atoms with Crippen molar-refractivity contribution in [2.75, 3.05) is 18.0 Å². The summed E-state index contributed by atoms with van der Waals surface area (Å²) >= 11 is 0. The number of unbranched alkanes of at least 4 members (excludes halogenated alkanes) is 22. The molecule has 0 fully saturated rings. The summed E-state index contributed by atoms with van der Waals surface area (Å²) in [6.07, 6.45) is 34.3. The van der Waals surface area contributed by atoms with E-state index in [1.807, 2.05) is 0 Å². The highest BCUT2D eigenvalue weighted by atomic mass is 15.1. The first kappa shape index (κ1) is 35.0. The van der Waals surface area contributed by atoms with E-state index in [-0.39, 0.29) is 0 Å². The summed E-state index contributed by atoms with van der Waals surface area (Å²) in [5, 5.41) is 0. The van der Waals surface area contributed by atoms with Gasteiger partial charge in [0.15, 0.2) is 0 Å². The van der Waals surface area contributed by atoms with Crippen molar-refractivity contribution in [1.29, 1.82) is 0 Å². The summed E-state index contributed by atoms with van der Waals surface area (Å²) in [7, 11) is 0. The lowest BCUT2D eigenvalue weighted by Crippen LogP contribution is -2.27. The molecule has 0 spiro atoms. The zero-order chi connectivity index (χ0) is 27.7. The van der Waals surface area contributed by atoms with Crippen molar-refractivity contribution >= 4 is 5.69 Å². The van der Waals surface area contributed by atoms with Gasteiger partial charge in [0, 0.05) is 18.8 Å². The molecule has 1 aromatic rings. The van der Waals surface area contributed by atoms with Crippen LogP contribution in [0.2, 0.25) is 0 Å². The molecule has 0 atom stereocenters. The first-order valence-electron chi connectivity index (χ1n) is 17.4. The van der Waals surface area contributed by atoms with Gasteiger partial charge in [-0.05, 0) is 44.7 Å². The van der Waals surface area contributed by atoms with Crippen LogP contribution in [0.25, 0.3) is 0 Å². The monoisotopic (exact) mass is 528 g/mol. The maximum atomic E-state index is 2.75. The van der Waals surface area contributed by atoms with Gasteiger partial charge in [0.25, 0.3) is 0 Å². The number of hydrogen-bond donors (Lipinski definition) is 0. The SMILES string of the molecule is CCCCCCCCCCCCCCN(CCCCCCCCCCCCCC)c1c(C)cc(C)cc1C. The van der Waals surface area contributed by atoms with Crippen LogP contribution < -0.4 is 4.90 Å². The average molecular weight is 528 g/mol. The van der Waals surface area contributed by atoms with Crippen LogP contribution in [-0.2, 0) is 0 Å². The Kier molecular flexibility index (Phi) is 23.1. The molecule has 0 heterocycles. The molecule has 1 nitrogen and oxygen atoms in total. The third-order valence-electron chi connectivity index (χ3n) is 8.51. The first-order chi connectivity index (χ1) is 18.6. The fraction of sp³-hybridized carbons (Fsp3) is 0.838. The number of hydrogen-bond acceptors (Lipinski definition) is 1. The standard InChI is InChI=1S/C37H69N/c1-6-8-10-12-14-16-18-20-22-24-26-28-30-38(37-35(4)32-34(3)33-36(37)5)31-29-27-25-23-21-19-17-15-13-11-9-7-2/h32-33H,6-31H2,1-5H3. The summed E-state index contributed by atoms with van der Waals surface area (Å²) < 4.78 is 0. The molecule has 0 N–H and O–H groups in total. The number of nitrogens with zero attached hydrogens (tertiary/aromatic N) is 1. The van der Waals surface area contributed by atoms with Crippen molar-refractivity contribution < 1.29 is 0 Å². The highest BCUT2D eigenvalue weighted by molar-refractivity contribution is 5.60. The molecule has 0 saturated heterocycles. The fourth-order valence-electron chi connectivity index (χ4n) is 6.29. The van der Waals surface area contributed by atoms with Crippen LogP contribution in [-0.4, -0.2) is 13.1 Å². The van der Waals surface area contributed by atoms with Crippen molar-refractivity contribution in [3.05, 3.63) is 28.8 Å².